The Hall–Kier alpha value is -6.40. The van der Waals surface area contributed by atoms with Gasteiger partial charge in [-0.2, -0.15) is 35.1 Å². The zero-order valence-corrected chi connectivity index (χ0v) is 83.7. The van der Waals surface area contributed by atoms with Crippen molar-refractivity contribution in [2.24, 2.45) is 5.73 Å². The molecule has 24 nitrogen and oxygen atoms in total. The van der Waals surface area contributed by atoms with Crippen molar-refractivity contribution in [1.29, 1.82) is 0 Å². The molecular formula is C84H96Cl10F8I2N16O8. The molecule has 6 N–H and O–H groups in total. The maximum absolute atomic E-state index is 13.9. The first kappa shape index (κ1) is 109. The highest BCUT2D eigenvalue weighted by atomic mass is 127. The predicted octanol–water partition coefficient (Wildman–Crippen LogP) is 24.4. The zero-order chi connectivity index (χ0) is 95.8. The van der Waals surface area contributed by atoms with Crippen LogP contribution in [0.5, 0.6) is 0 Å². The first-order valence-electron chi connectivity index (χ1n) is 39.4. The average molecular weight is 2220 g/mol. The van der Waals surface area contributed by atoms with Crippen molar-refractivity contribution in [3.63, 3.8) is 0 Å². The van der Waals surface area contributed by atoms with Gasteiger partial charge in [-0.1, -0.05) is 153 Å². The van der Waals surface area contributed by atoms with E-state index in [-0.39, 0.29) is 83.0 Å². The molecule has 4 fully saturated rings. The van der Waals surface area contributed by atoms with Gasteiger partial charge in [0.25, 0.3) is 0 Å². The zero-order valence-electron chi connectivity index (χ0n) is 71.9. The Labute approximate surface area is 814 Å². The van der Waals surface area contributed by atoms with Crippen molar-refractivity contribution in [2.75, 3.05) is 74.2 Å². The summed E-state index contributed by atoms with van der Waals surface area (Å²) in [6.07, 6.45) is 1.03. The molecule has 0 unspecified atom stereocenters. The number of esters is 1. The Bertz CT molecular complexity index is 5180. The van der Waals surface area contributed by atoms with Crippen LogP contribution in [0, 0.1) is 7.40 Å². The third-order valence-electron chi connectivity index (χ3n) is 19.4. The lowest BCUT2D eigenvalue weighted by molar-refractivity contribution is -0.157. The molecule has 4 aliphatic rings. The van der Waals surface area contributed by atoms with Crippen LogP contribution in [0.25, 0.3) is 45.0 Å². The number of aromatic nitrogens is 8. The molecule has 4 aromatic heterocycles. The van der Waals surface area contributed by atoms with Crippen LogP contribution in [0.3, 0.4) is 0 Å². The van der Waals surface area contributed by atoms with Crippen LogP contribution in [-0.4, -0.2) is 168 Å². The number of alkyl halides is 9. The number of rotatable bonds is 11. The molecule has 0 spiro atoms. The molecule has 8 aromatic rings. The average Bonchev–Trinajstić information content (AvgIpc) is 0.779. The summed E-state index contributed by atoms with van der Waals surface area (Å²) < 4.78 is 126. The number of ether oxygens (including phenoxy) is 4. The van der Waals surface area contributed by atoms with Crippen LogP contribution in [0.2, 0.25) is 45.3 Å². The molecule has 12 rings (SSSR count). The highest BCUT2D eigenvalue weighted by Crippen LogP contribution is 2.44. The van der Waals surface area contributed by atoms with Gasteiger partial charge in [0.2, 0.25) is 0 Å². The van der Waals surface area contributed by atoms with Gasteiger partial charge < -0.3 is 60.6 Å². The van der Waals surface area contributed by atoms with E-state index in [0.717, 1.165) is 79.6 Å². The Morgan fingerprint density at radius 1 is 0.422 bits per heavy atom. The maximum Gasteiger partial charge on any atom is 0.435 e. The van der Waals surface area contributed by atoms with Crippen molar-refractivity contribution in [3.05, 3.63) is 162 Å². The number of methoxy groups -OCH3 is 1. The van der Waals surface area contributed by atoms with Crippen LogP contribution < -0.4 is 41.7 Å². The van der Waals surface area contributed by atoms with Crippen LogP contribution in [-0.2, 0) is 36.1 Å². The normalized spacial score (nSPS) is 16.0. The fourth-order valence-corrected chi connectivity index (χ4v) is 15.9. The fourth-order valence-electron chi connectivity index (χ4n) is 12.6. The second-order valence-electron chi connectivity index (χ2n) is 33.9. The number of alkyl carbamates (subject to hydrolysis) is 3. The van der Waals surface area contributed by atoms with Crippen LogP contribution >= 0.6 is 161 Å². The molecule has 0 aliphatic carbocycles. The molecule has 4 saturated heterocycles. The van der Waals surface area contributed by atoms with E-state index in [2.05, 4.69) is 129 Å². The van der Waals surface area contributed by atoms with E-state index in [1.54, 1.807) is 48.9 Å². The van der Waals surface area contributed by atoms with Crippen LogP contribution in [0.1, 0.15) is 153 Å². The summed E-state index contributed by atoms with van der Waals surface area (Å²) in [5.41, 5.74) is 3.34. The van der Waals surface area contributed by atoms with Crippen LogP contribution in [0.4, 0.5) is 67.0 Å². The topological polar surface area (TPSA) is 292 Å². The van der Waals surface area contributed by atoms with Gasteiger partial charge in [0, 0.05) is 83.7 Å². The summed E-state index contributed by atoms with van der Waals surface area (Å²) in [6.45, 7) is 29.7. The van der Waals surface area contributed by atoms with Crippen LogP contribution in [0.15, 0.2) is 97.6 Å². The number of anilines is 3. The largest absolute Gasteiger partial charge is 0.464 e. The molecule has 44 heteroatoms. The quantitative estimate of drug-likeness (QED) is 0.0264. The lowest BCUT2D eigenvalue weighted by Crippen LogP contribution is -2.54. The number of amides is 3. The second-order valence-corrected chi connectivity index (χ2v) is 39.9. The monoisotopic (exact) mass is 2210 g/mol. The number of nitrogens with one attached hydrogen (secondary N) is 4. The van der Waals surface area contributed by atoms with Crippen molar-refractivity contribution < 1.29 is 73.2 Å². The summed E-state index contributed by atoms with van der Waals surface area (Å²) >= 11 is 62.8. The number of carbonyl (C=O) groups is 4. The van der Waals surface area contributed by atoms with Gasteiger partial charge in [0.1, 0.15) is 69.6 Å². The molecule has 700 valence electrons. The molecule has 0 bridgehead atoms. The standard InChI is InChI=1S/C22H25Cl2F3N4O2.C21H25Cl2IN4O2.C17H17Cl2F3N4.C11H22N2O2.C10H4Cl3IN2.C3H3ClF2O2/c1-20(2,3)33-19(32)30-21(4)8-10-31(11-9-21)15-12-28-17(18(29-15)22(25,26)27)13-6-5-7-14(23)16(13)24;1-20(2,3)30-19(29)27-21(4)8-10-28(11-9-21)15-12-25-17(18(24)26-15)13-6-5-7-14(22)16(13)23;1-16(23)5-7-26(8-6-16)12-9-24-14(15(25-12)17(20,21)22)10-3-2-4-11(18)13(10)19;1-10(2,3)15-9(14)13-11(4)5-7-12-8-6-11;11-6-3-1-2-5(8(6)13)9-10(14)16-7(12)4-15-9;1-8-2(7)3(4,5)6/h5-7,12H,8-11H2,1-4H3,(H,30,32);5-7,12H,8-11H2,1-4H3,(H,27,29);2-4,9H,5-8,23H2,1H3;12H,5-8H2,1-4H3,(H,13,14);1-4H;1H3. The lowest BCUT2D eigenvalue weighted by Gasteiger charge is -2.40. The van der Waals surface area contributed by atoms with E-state index in [4.69, 9.17) is 129 Å². The second kappa shape index (κ2) is 45.6. The number of hydrogen-bond donors (Lipinski definition) is 5. The Balaban J connectivity index is 0.000000220. The summed E-state index contributed by atoms with van der Waals surface area (Å²) in [7, 11) is 0.832. The highest BCUT2D eigenvalue weighted by molar-refractivity contribution is 14.1. The number of hydrogen-bond acceptors (Lipinski definition) is 21. The molecule has 0 saturated carbocycles. The summed E-state index contributed by atoms with van der Waals surface area (Å²) in [5.74, 6) is -0.655. The molecule has 0 radical (unpaired) electrons. The van der Waals surface area contributed by atoms with E-state index in [0.29, 0.717) is 92.2 Å². The number of nitrogens with two attached hydrogens (primary N) is 1. The fraction of sp³-hybridized carbons (Fsp3) is 0.476. The van der Waals surface area contributed by atoms with Gasteiger partial charge in [-0.15, -0.1) is 0 Å². The van der Waals surface area contributed by atoms with E-state index >= 15 is 0 Å². The minimum Gasteiger partial charge on any atom is -0.464 e. The molecular weight excluding hydrogens is 2120 g/mol. The number of benzene rings is 4. The molecule has 128 heavy (non-hydrogen) atoms. The lowest BCUT2D eigenvalue weighted by atomic mass is 9.90. The molecule has 3 amide bonds. The first-order valence-corrected chi connectivity index (χ1v) is 45.4. The first-order chi connectivity index (χ1) is 59.1. The summed E-state index contributed by atoms with van der Waals surface area (Å²) in [4.78, 5) is 84.8. The predicted molar refractivity (Wildman–Crippen MR) is 506 cm³/mol. The smallest absolute Gasteiger partial charge is 0.435 e. The molecule has 8 heterocycles. The SMILES string of the molecule is CC1(N)CCN(c2cnc(-c3cccc(Cl)c3Cl)c(C(F)(F)F)n2)CC1.CC1(NC(=O)OC(C)(C)C)CCN(c2cnc(-c3cccc(Cl)c3Cl)c(C(F)(F)F)n2)CC1.CC1(NC(=O)OC(C)(C)C)CCN(c2cnc(-c3cccc(Cl)c3Cl)c(I)n2)CC1.CC1(NC(=O)OC(C)(C)C)CCNCC1.COC(=O)C(F)(F)Cl.Clc1cnc(-c2cccc(Cl)c2Cl)c(I)n1. The van der Waals surface area contributed by atoms with Crippen molar-refractivity contribution in [3.8, 4) is 45.0 Å². The van der Waals surface area contributed by atoms with Crippen molar-refractivity contribution in [1.82, 2.24) is 61.1 Å². The Kier molecular flexibility index (Phi) is 38.7. The number of piperidine rings is 4. The van der Waals surface area contributed by atoms with Crippen molar-refractivity contribution in [2.45, 2.75) is 198 Å². The number of halogens is 20. The summed E-state index contributed by atoms with van der Waals surface area (Å²) in [5, 5.41) is 10.8. The van der Waals surface area contributed by atoms with Gasteiger partial charge in [-0.05, 0) is 236 Å². The molecule has 4 aromatic carbocycles. The van der Waals surface area contributed by atoms with E-state index in [9.17, 15) is 54.3 Å². The van der Waals surface area contributed by atoms with Crippen molar-refractivity contribution >= 4 is 203 Å². The van der Waals surface area contributed by atoms with Gasteiger partial charge in [0.15, 0.2) is 11.4 Å². The van der Waals surface area contributed by atoms with Gasteiger partial charge >= 0.3 is 42.0 Å². The third kappa shape index (κ3) is 33.1. The van der Waals surface area contributed by atoms with E-state index in [1.165, 1.54) is 55.0 Å². The molecule has 4 aliphatic heterocycles. The van der Waals surface area contributed by atoms with E-state index < -0.39 is 63.5 Å². The minimum atomic E-state index is -4.74. The Morgan fingerprint density at radius 3 is 0.969 bits per heavy atom. The summed E-state index contributed by atoms with van der Waals surface area (Å²) in [6, 6.07) is 19.7. The van der Waals surface area contributed by atoms with Gasteiger partial charge in [-0.25, -0.2) is 44.1 Å². The number of nitrogens with zero attached hydrogens (tertiary/aromatic N) is 11. The van der Waals surface area contributed by atoms with Gasteiger partial charge in [0.05, 0.1) is 72.1 Å². The van der Waals surface area contributed by atoms with E-state index in [1.807, 2.05) is 86.6 Å². The maximum atomic E-state index is 13.9. The Morgan fingerprint density at radius 2 is 0.695 bits per heavy atom. The number of carbonyl (C=O) groups excluding carboxylic acids is 4. The third-order valence-corrected chi connectivity index (χ3v) is 24.6. The molecule has 0 atom stereocenters. The van der Waals surface area contributed by atoms with Gasteiger partial charge in [-0.3, -0.25) is 15.0 Å². The highest BCUT2D eigenvalue weighted by Gasteiger charge is 2.43. The minimum absolute atomic E-state index is 0.0126.